The van der Waals surface area contributed by atoms with E-state index in [9.17, 15) is 14.4 Å². The quantitative estimate of drug-likeness (QED) is 0.603. The van der Waals surface area contributed by atoms with E-state index < -0.39 is 23.4 Å². The lowest BCUT2D eigenvalue weighted by Gasteiger charge is -2.22. The largest absolute Gasteiger partial charge is 0.344 e. The molecule has 0 radical (unpaired) electrons. The predicted molar refractivity (Wildman–Crippen MR) is 107 cm³/mol. The monoisotopic (exact) mass is 395 g/mol. The number of carbonyl (C=O) groups excluding carboxylic acids is 3. The van der Waals surface area contributed by atoms with Gasteiger partial charge < -0.3 is 5.32 Å². The smallest absolute Gasteiger partial charge is 0.318 e. The molecular formula is C21H21N3O3S. The summed E-state index contributed by atoms with van der Waals surface area (Å²) in [6.45, 7) is 1.63. The second-order valence-electron chi connectivity index (χ2n) is 7.17. The Morgan fingerprint density at radius 2 is 1.89 bits per heavy atom. The first-order chi connectivity index (χ1) is 13.5. The van der Waals surface area contributed by atoms with Crippen LogP contribution in [0.25, 0.3) is 0 Å². The molecule has 0 spiro atoms. The Morgan fingerprint density at radius 1 is 1.14 bits per heavy atom. The number of hydrogen-bond donors (Lipinski definition) is 2. The highest BCUT2D eigenvalue weighted by Gasteiger charge is 2.49. The molecule has 0 aromatic heterocycles. The van der Waals surface area contributed by atoms with Crippen LogP contribution < -0.4 is 10.7 Å². The van der Waals surface area contributed by atoms with E-state index in [0.29, 0.717) is 5.56 Å². The van der Waals surface area contributed by atoms with Gasteiger partial charge in [-0.1, -0.05) is 36.4 Å². The minimum absolute atomic E-state index is 0.123. The first-order valence-corrected chi connectivity index (χ1v) is 10.2. The summed E-state index contributed by atoms with van der Waals surface area (Å²) in [6, 6.07) is 14.6. The molecular weight excluding hydrogens is 374 g/mol. The van der Waals surface area contributed by atoms with Gasteiger partial charge in [-0.25, -0.2) is 4.79 Å². The Bertz CT molecular complexity index is 947. The molecule has 4 rings (SSSR count). The van der Waals surface area contributed by atoms with E-state index in [0.717, 1.165) is 22.7 Å². The van der Waals surface area contributed by atoms with Crippen LogP contribution in [0.3, 0.4) is 0 Å². The Balaban J connectivity index is 1.39. The zero-order valence-electron chi connectivity index (χ0n) is 15.5. The van der Waals surface area contributed by atoms with Crippen LogP contribution in [0.15, 0.2) is 53.4 Å². The van der Waals surface area contributed by atoms with E-state index in [1.165, 1.54) is 29.3 Å². The number of aryl methyl sites for hydroxylation is 2. The van der Waals surface area contributed by atoms with Gasteiger partial charge in [-0.15, -0.1) is 11.8 Å². The molecule has 2 aromatic carbocycles. The molecule has 6 nitrogen and oxygen atoms in total. The second-order valence-corrected chi connectivity index (χ2v) is 8.22. The van der Waals surface area contributed by atoms with Gasteiger partial charge in [0.15, 0.2) is 0 Å². The molecule has 0 bridgehead atoms. The van der Waals surface area contributed by atoms with Gasteiger partial charge in [0.05, 0.1) is 5.75 Å². The molecule has 0 unspecified atom stereocenters. The lowest BCUT2D eigenvalue weighted by molar-refractivity contribution is -0.138. The highest BCUT2D eigenvalue weighted by atomic mass is 32.2. The average molecular weight is 395 g/mol. The highest BCUT2D eigenvalue weighted by molar-refractivity contribution is 8.00. The number of nitrogens with one attached hydrogen (secondary N) is 2. The molecule has 2 aliphatic rings. The maximum Gasteiger partial charge on any atom is 0.344 e. The molecule has 7 heteroatoms. The topological polar surface area (TPSA) is 78.5 Å². The summed E-state index contributed by atoms with van der Waals surface area (Å²) in [4.78, 5) is 38.4. The number of thioether (sulfide) groups is 1. The first kappa shape index (κ1) is 18.6. The van der Waals surface area contributed by atoms with Crippen LogP contribution in [0.1, 0.15) is 30.0 Å². The standard InChI is InChI=1S/C21H21N3O3S/c1-21(16-8-3-2-4-9-16)19(26)24(20(27)22-21)23-18(25)13-28-17-11-10-14-6-5-7-15(14)12-17/h2-4,8-12H,5-7,13H2,1H3,(H,22,27)(H,23,25)/t21-/m0/s1. The van der Waals surface area contributed by atoms with Crippen LogP contribution in [-0.2, 0) is 28.0 Å². The maximum absolute atomic E-state index is 12.8. The summed E-state index contributed by atoms with van der Waals surface area (Å²) < 4.78 is 0. The summed E-state index contributed by atoms with van der Waals surface area (Å²) in [5, 5.41) is 3.45. The normalized spacial score (nSPS) is 20.8. The van der Waals surface area contributed by atoms with Crippen molar-refractivity contribution in [3.8, 4) is 0 Å². The van der Waals surface area contributed by atoms with E-state index in [1.54, 1.807) is 31.2 Å². The van der Waals surface area contributed by atoms with E-state index in [-0.39, 0.29) is 5.75 Å². The van der Waals surface area contributed by atoms with Crippen LogP contribution in [0.4, 0.5) is 4.79 Å². The third kappa shape index (κ3) is 3.38. The zero-order valence-corrected chi connectivity index (χ0v) is 16.3. The van der Waals surface area contributed by atoms with Crippen molar-refractivity contribution < 1.29 is 14.4 Å². The van der Waals surface area contributed by atoms with Crippen LogP contribution in [0.5, 0.6) is 0 Å². The fourth-order valence-electron chi connectivity index (χ4n) is 3.65. The number of nitrogens with zero attached hydrogens (tertiary/aromatic N) is 1. The summed E-state index contributed by atoms with van der Waals surface area (Å²) in [5.41, 5.74) is 4.63. The van der Waals surface area contributed by atoms with Crippen LogP contribution in [0, 0.1) is 0 Å². The predicted octanol–water partition coefficient (Wildman–Crippen LogP) is 2.77. The number of hydrogen-bond acceptors (Lipinski definition) is 4. The van der Waals surface area contributed by atoms with Crippen LogP contribution in [-0.4, -0.2) is 28.6 Å². The van der Waals surface area contributed by atoms with Crippen molar-refractivity contribution in [2.45, 2.75) is 36.6 Å². The molecule has 1 aliphatic heterocycles. The summed E-state index contributed by atoms with van der Waals surface area (Å²) in [6.07, 6.45) is 3.37. The lowest BCUT2D eigenvalue weighted by atomic mass is 9.92. The minimum atomic E-state index is -1.20. The second kappa shape index (κ2) is 7.31. The zero-order chi connectivity index (χ0) is 19.7. The number of amides is 4. The molecule has 1 fully saturated rings. The molecule has 2 N–H and O–H groups in total. The number of carbonyl (C=O) groups is 3. The van der Waals surface area contributed by atoms with Gasteiger partial charge in [0.2, 0.25) is 5.91 Å². The van der Waals surface area contributed by atoms with Gasteiger partial charge in [-0.2, -0.15) is 5.01 Å². The molecule has 1 heterocycles. The van der Waals surface area contributed by atoms with Gasteiger partial charge in [0, 0.05) is 4.90 Å². The Labute approximate surface area is 167 Å². The van der Waals surface area contributed by atoms with Gasteiger partial charge in [0.1, 0.15) is 5.54 Å². The minimum Gasteiger partial charge on any atom is -0.318 e. The van der Waals surface area contributed by atoms with Crippen molar-refractivity contribution in [2.24, 2.45) is 0 Å². The van der Waals surface area contributed by atoms with E-state index >= 15 is 0 Å². The van der Waals surface area contributed by atoms with Crippen molar-refractivity contribution in [3.05, 3.63) is 65.2 Å². The average Bonchev–Trinajstić information content (AvgIpc) is 3.25. The maximum atomic E-state index is 12.8. The molecule has 1 atom stereocenters. The van der Waals surface area contributed by atoms with Gasteiger partial charge in [0.25, 0.3) is 5.91 Å². The summed E-state index contributed by atoms with van der Waals surface area (Å²) in [7, 11) is 0. The number of fused-ring (bicyclic) bond motifs is 1. The van der Waals surface area contributed by atoms with Crippen molar-refractivity contribution in [1.82, 2.24) is 15.8 Å². The Kier molecular flexibility index (Phi) is 4.85. The molecule has 1 aliphatic carbocycles. The van der Waals surface area contributed by atoms with E-state index in [2.05, 4.69) is 22.9 Å². The first-order valence-electron chi connectivity index (χ1n) is 9.24. The van der Waals surface area contributed by atoms with Crippen molar-refractivity contribution in [2.75, 3.05) is 5.75 Å². The summed E-state index contributed by atoms with van der Waals surface area (Å²) >= 11 is 1.39. The van der Waals surface area contributed by atoms with Crippen LogP contribution >= 0.6 is 11.8 Å². The number of urea groups is 1. The SMILES string of the molecule is C[C@@]1(c2ccccc2)NC(=O)N(NC(=O)CSc2ccc3c(c2)CCC3)C1=O. The Morgan fingerprint density at radius 3 is 2.68 bits per heavy atom. The Hall–Kier alpha value is -2.80. The van der Waals surface area contributed by atoms with E-state index in [1.807, 2.05) is 12.1 Å². The van der Waals surface area contributed by atoms with Crippen LogP contribution in [0.2, 0.25) is 0 Å². The third-order valence-corrected chi connectivity index (χ3v) is 6.21. The van der Waals surface area contributed by atoms with Gasteiger partial charge in [-0.3, -0.25) is 15.0 Å². The van der Waals surface area contributed by atoms with Gasteiger partial charge >= 0.3 is 6.03 Å². The number of benzene rings is 2. The number of imide groups is 1. The lowest BCUT2D eigenvalue weighted by Crippen LogP contribution is -2.48. The highest BCUT2D eigenvalue weighted by Crippen LogP contribution is 2.29. The molecule has 1 saturated heterocycles. The molecule has 2 aromatic rings. The molecule has 28 heavy (non-hydrogen) atoms. The third-order valence-electron chi connectivity index (χ3n) is 5.22. The fourth-order valence-corrected chi connectivity index (χ4v) is 4.40. The van der Waals surface area contributed by atoms with Crippen molar-refractivity contribution in [3.63, 3.8) is 0 Å². The van der Waals surface area contributed by atoms with Crippen molar-refractivity contribution in [1.29, 1.82) is 0 Å². The number of rotatable bonds is 5. The van der Waals surface area contributed by atoms with E-state index in [4.69, 9.17) is 0 Å². The van der Waals surface area contributed by atoms with Crippen molar-refractivity contribution >= 4 is 29.6 Å². The molecule has 0 saturated carbocycles. The fraction of sp³-hybridized carbons (Fsp3) is 0.286. The van der Waals surface area contributed by atoms with Gasteiger partial charge in [-0.05, 0) is 55.0 Å². The molecule has 144 valence electrons. The molecule has 4 amide bonds. The number of hydrazine groups is 1. The summed E-state index contributed by atoms with van der Waals surface area (Å²) in [5.74, 6) is -0.774.